The van der Waals surface area contributed by atoms with Crippen LogP contribution < -0.4 is 10.6 Å². The zero-order valence-corrected chi connectivity index (χ0v) is 38.0. The third kappa shape index (κ3) is 10.2. The molecule has 2 aliphatic rings. The van der Waals surface area contributed by atoms with Gasteiger partial charge in [-0.15, -0.1) is 0 Å². The molecular weight excluding hydrogens is 875 g/mol. The lowest BCUT2D eigenvalue weighted by atomic mass is 9.82. The monoisotopic (exact) mass is 925 g/mol. The maximum atomic E-state index is 15.1. The highest BCUT2D eigenvalue weighted by Gasteiger charge is 2.75. The van der Waals surface area contributed by atoms with E-state index in [2.05, 4.69) is 10.6 Å². The first kappa shape index (κ1) is 48.1. The van der Waals surface area contributed by atoms with Crippen LogP contribution in [0, 0.1) is 11.3 Å². The van der Waals surface area contributed by atoms with E-state index in [1.165, 1.54) is 31.2 Å². The number of nitrogens with one attached hydrogen (secondary N) is 2. The summed E-state index contributed by atoms with van der Waals surface area (Å²) in [7, 11) is 0. The van der Waals surface area contributed by atoms with Gasteiger partial charge in [-0.2, -0.15) is 0 Å². The summed E-state index contributed by atoms with van der Waals surface area (Å²) in [5.41, 5.74) is -1.96. The van der Waals surface area contributed by atoms with Crippen LogP contribution in [0.3, 0.4) is 0 Å². The quantitative estimate of drug-likeness (QED) is 0.0420. The second-order valence-electron chi connectivity index (χ2n) is 17.7. The Morgan fingerprint density at radius 3 is 1.66 bits per heavy atom. The molecule has 0 radical (unpaired) electrons. The van der Waals surface area contributed by atoms with Crippen molar-refractivity contribution < 1.29 is 62.0 Å². The van der Waals surface area contributed by atoms with Gasteiger partial charge in [0.25, 0.3) is 5.91 Å². The molecule has 7 atom stereocenters. The van der Waals surface area contributed by atoms with Gasteiger partial charge in [0, 0.05) is 12.8 Å². The molecule has 16 nitrogen and oxygen atoms in total. The van der Waals surface area contributed by atoms with Crippen molar-refractivity contribution in [1.29, 1.82) is 0 Å². The predicted octanol–water partition coefficient (Wildman–Crippen LogP) is 5.37. The highest BCUT2D eigenvalue weighted by molar-refractivity contribution is 6.11. The predicted molar refractivity (Wildman–Crippen MR) is 243 cm³/mol. The number of fused-ring (bicyclic) bond motifs is 2. The highest BCUT2D eigenvalue weighted by atomic mass is 16.7. The summed E-state index contributed by atoms with van der Waals surface area (Å²) in [4.78, 5) is 113. The molecule has 0 spiro atoms. The van der Waals surface area contributed by atoms with Crippen molar-refractivity contribution in [3.05, 3.63) is 156 Å². The van der Waals surface area contributed by atoms with E-state index >= 15 is 4.79 Å². The topological polar surface area (TPSA) is 210 Å². The summed E-state index contributed by atoms with van der Waals surface area (Å²) in [6.45, 7) is 6.13. The van der Waals surface area contributed by atoms with Crippen LogP contribution in [-0.2, 0) is 75.3 Å². The second-order valence-corrected chi connectivity index (χ2v) is 17.7. The zero-order chi connectivity index (χ0) is 48.8. The van der Waals surface area contributed by atoms with Gasteiger partial charge in [0.05, 0.1) is 5.41 Å². The smallest absolute Gasteiger partial charge is 0.332 e. The summed E-state index contributed by atoms with van der Waals surface area (Å²) in [5.74, 6) is -12.5. The van der Waals surface area contributed by atoms with E-state index in [4.69, 9.17) is 23.7 Å². The van der Waals surface area contributed by atoms with Crippen LogP contribution in [0.4, 0.5) is 0 Å². The number of benzene rings is 5. The molecule has 2 saturated heterocycles. The molecule has 5 aromatic rings. The Labute approximate surface area is 392 Å². The number of amides is 3. The molecule has 2 heterocycles. The van der Waals surface area contributed by atoms with Crippen molar-refractivity contribution in [2.24, 2.45) is 11.3 Å². The Bertz CT molecular complexity index is 2710. The molecule has 352 valence electrons. The van der Waals surface area contributed by atoms with E-state index in [0.717, 1.165) is 22.6 Å². The number of carbonyl (C=O) groups is 8. The average Bonchev–Trinajstić information content (AvgIpc) is 3.59. The normalized spacial score (nSPS) is 20.4. The minimum absolute atomic E-state index is 0.160. The lowest BCUT2D eigenvalue weighted by Crippen LogP contribution is -2.88. The van der Waals surface area contributed by atoms with Crippen LogP contribution in [0.2, 0.25) is 0 Å². The maximum absolute atomic E-state index is 15.1. The van der Waals surface area contributed by atoms with Gasteiger partial charge >= 0.3 is 29.8 Å². The van der Waals surface area contributed by atoms with Gasteiger partial charge in [-0.25, -0.2) is 4.79 Å². The Balaban J connectivity index is 1.26. The largest absolute Gasteiger partial charge is 0.460 e. The van der Waals surface area contributed by atoms with Crippen molar-refractivity contribution >= 4 is 58.3 Å². The molecule has 2 fully saturated rings. The zero-order valence-electron chi connectivity index (χ0n) is 38.0. The SMILES string of the molecule is CC(=O)OC1C(C)C(C(=O)OCOC(=O)C(C)(C)C)N2C(=O)C(NC(=O)C(C(=O)OCc3ccccc3)c3ccccc3)(NC(=O)C(C(=O)OCc3ccc4ccccc4c3)c3ccccc3)[C@@H]12. The van der Waals surface area contributed by atoms with Crippen LogP contribution in [0.15, 0.2) is 133 Å². The van der Waals surface area contributed by atoms with Gasteiger partial charge in [-0.05, 0) is 59.9 Å². The van der Waals surface area contributed by atoms with Crippen molar-refractivity contribution in [2.45, 2.75) is 83.5 Å². The molecule has 0 aliphatic carbocycles. The van der Waals surface area contributed by atoms with E-state index in [-0.39, 0.29) is 24.3 Å². The van der Waals surface area contributed by atoms with E-state index in [0.29, 0.717) is 11.1 Å². The van der Waals surface area contributed by atoms with Crippen molar-refractivity contribution in [3.63, 3.8) is 0 Å². The molecule has 5 aromatic carbocycles. The molecule has 0 saturated carbocycles. The van der Waals surface area contributed by atoms with Crippen LogP contribution in [0.1, 0.15) is 68.7 Å². The van der Waals surface area contributed by atoms with Gasteiger partial charge in [0.2, 0.25) is 24.3 Å². The fraction of sp³-hybridized carbons (Fsp3) is 0.308. The Hall–Kier alpha value is -7.88. The first-order chi connectivity index (χ1) is 32.5. The Morgan fingerprint density at radius 1 is 0.632 bits per heavy atom. The number of nitrogens with zero attached hydrogens (tertiary/aromatic N) is 1. The summed E-state index contributed by atoms with van der Waals surface area (Å²) < 4.78 is 27.7. The molecule has 0 aromatic heterocycles. The van der Waals surface area contributed by atoms with Gasteiger partial charge in [0.15, 0.2) is 11.8 Å². The third-order valence-electron chi connectivity index (χ3n) is 11.8. The van der Waals surface area contributed by atoms with E-state index < -0.39 is 101 Å². The molecular formula is C52H51N3O13. The second kappa shape index (κ2) is 20.3. The van der Waals surface area contributed by atoms with E-state index in [1.807, 2.05) is 36.4 Å². The van der Waals surface area contributed by atoms with E-state index in [9.17, 15) is 33.6 Å². The maximum Gasteiger partial charge on any atom is 0.332 e. The molecule has 3 amide bonds. The fourth-order valence-corrected chi connectivity index (χ4v) is 8.44. The molecule has 68 heavy (non-hydrogen) atoms. The molecule has 16 heteroatoms. The lowest BCUT2D eigenvalue weighted by molar-refractivity contribution is -0.187. The number of hydrogen-bond acceptors (Lipinski definition) is 13. The van der Waals surface area contributed by atoms with Gasteiger partial charge in [0.1, 0.15) is 31.4 Å². The summed E-state index contributed by atoms with van der Waals surface area (Å²) >= 11 is 0. The average molecular weight is 926 g/mol. The third-order valence-corrected chi connectivity index (χ3v) is 11.8. The number of ether oxygens (including phenoxy) is 5. The minimum atomic E-state index is -2.59. The lowest BCUT2D eigenvalue weighted by Gasteiger charge is -2.55. The number of esters is 5. The van der Waals surface area contributed by atoms with E-state index in [1.54, 1.807) is 93.6 Å². The molecule has 6 unspecified atom stereocenters. The van der Waals surface area contributed by atoms with Crippen LogP contribution in [-0.4, -0.2) is 83.1 Å². The molecule has 2 aliphatic heterocycles. The summed E-state index contributed by atoms with van der Waals surface area (Å²) in [6, 6.07) is 34.5. The van der Waals surface area contributed by atoms with Gasteiger partial charge in [-0.3, -0.25) is 33.6 Å². The molecule has 2 N–H and O–H groups in total. The van der Waals surface area contributed by atoms with Gasteiger partial charge < -0.3 is 39.2 Å². The summed E-state index contributed by atoms with van der Waals surface area (Å²) in [5, 5.41) is 7.08. The first-order valence-electron chi connectivity index (χ1n) is 21.9. The number of β-lactam (4-membered cyclic amide) rings is 1. The van der Waals surface area contributed by atoms with Crippen molar-refractivity contribution in [1.82, 2.24) is 15.5 Å². The van der Waals surface area contributed by atoms with Crippen LogP contribution >= 0.6 is 0 Å². The van der Waals surface area contributed by atoms with Gasteiger partial charge in [-0.1, -0.05) is 134 Å². The number of rotatable bonds is 16. The number of hydrogen-bond donors (Lipinski definition) is 2. The highest BCUT2D eigenvalue weighted by Crippen LogP contribution is 2.47. The molecule has 7 rings (SSSR count). The Morgan fingerprint density at radius 2 is 1.13 bits per heavy atom. The fourth-order valence-electron chi connectivity index (χ4n) is 8.44. The molecule has 0 bridgehead atoms. The number of carbonyl (C=O) groups excluding carboxylic acids is 8. The Kier molecular flexibility index (Phi) is 14.4. The van der Waals surface area contributed by atoms with Crippen molar-refractivity contribution in [2.75, 3.05) is 6.79 Å². The van der Waals surface area contributed by atoms with Crippen LogP contribution in [0.25, 0.3) is 10.8 Å². The summed E-state index contributed by atoms with van der Waals surface area (Å²) in [6.07, 6.45) is -1.42. The minimum Gasteiger partial charge on any atom is -0.460 e. The van der Waals surface area contributed by atoms with Crippen molar-refractivity contribution in [3.8, 4) is 0 Å². The van der Waals surface area contributed by atoms with Crippen LogP contribution in [0.5, 0.6) is 0 Å². The standard InChI is InChI=1S/C52H51N3O13/c1-31-41(48(61)66-30-67-50(63)51(3,4)5)55-43(42(31)68-32(2)56)52(49(55)62,53-44(57)39(36-20-11-7-12-21-36)46(59)64-28-33-17-9-6-10-18-33)54-45(58)40(37-22-13-8-14-23-37)47(60)65-29-34-25-26-35-19-15-16-24-38(35)27-34/h6-27,31,39-43H,28-30H2,1-5H3,(H,53,57)(H,54,58)/t31?,39?,40?,41?,42?,43-,52?/m1/s1. The first-order valence-corrected chi connectivity index (χ1v) is 21.9.